The molecule has 1 fully saturated rings. The summed E-state index contributed by atoms with van der Waals surface area (Å²) in [6.07, 6.45) is 1.73. The summed E-state index contributed by atoms with van der Waals surface area (Å²) in [5, 5.41) is 0. The van der Waals surface area contributed by atoms with E-state index in [1.807, 2.05) is 13.8 Å². The van der Waals surface area contributed by atoms with Crippen LogP contribution in [-0.4, -0.2) is 12.1 Å². The third-order valence-corrected chi connectivity index (χ3v) is 3.00. The summed E-state index contributed by atoms with van der Waals surface area (Å²) in [7, 11) is 0. The van der Waals surface area contributed by atoms with Crippen LogP contribution in [0.5, 0.6) is 0 Å². The van der Waals surface area contributed by atoms with Gasteiger partial charge in [-0.25, -0.2) is 0 Å². The Hall–Kier alpha value is -0.660. The van der Waals surface area contributed by atoms with E-state index in [9.17, 15) is 9.59 Å². The van der Waals surface area contributed by atoms with Crippen molar-refractivity contribution in [3.8, 4) is 0 Å². The van der Waals surface area contributed by atoms with Crippen LogP contribution in [0.25, 0.3) is 0 Å². The first-order valence-electron chi connectivity index (χ1n) is 3.96. The summed E-state index contributed by atoms with van der Waals surface area (Å²) in [5.74, 6) is 0.419. The zero-order chi connectivity index (χ0) is 8.65. The van der Waals surface area contributed by atoms with E-state index in [-0.39, 0.29) is 23.0 Å². The van der Waals surface area contributed by atoms with E-state index in [1.165, 1.54) is 0 Å². The van der Waals surface area contributed by atoms with Crippen molar-refractivity contribution in [1.29, 1.82) is 0 Å². The number of ketones is 1. The van der Waals surface area contributed by atoms with E-state index < -0.39 is 0 Å². The van der Waals surface area contributed by atoms with Crippen LogP contribution in [0.15, 0.2) is 0 Å². The van der Waals surface area contributed by atoms with Gasteiger partial charge in [0.25, 0.3) is 0 Å². The summed E-state index contributed by atoms with van der Waals surface area (Å²) in [4.78, 5) is 21.4. The van der Waals surface area contributed by atoms with Crippen LogP contribution < -0.4 is 0 Å². The molecule has 2 nitrogen and oxygen atoms in total. The number of Topliss-reactive ketones (excluding diaryl/α,β-unsaturated/α-hetero) is 1. The largest absolute Gasteiger partial charge is 0.303 e. The van der Waals surface area contributed by atoms with Crippen molar-refractivity contribution in [3.63, 3.8) is 0 Å². The van der Waals surface area contributed by atoms with Crippen LogP contribution in [0, 0.1) is 17.3 Å². The number of hydrogen-bond acceptors (Lipinski definition) is 2. The second-order valence-corrected chi connectivity index (χ2v) is 3.96. The molecule has 0 radical (unpaired) electrons. The van der Waals surface area contributed by atoms with E-state index >= 15 is 0 Å². The van der Waals surface area contributed by atoms with Crippen LogP contribution in [0.1, 0.15) is 27.2 Å². The Morgan fingerprint density at radius 1 is 1.55 bits per heavy atom. The van der Waals surface area contributed by atoms with Crippen molar-refractivity contribution >= 4 is 12.1 Å². The van der Waals surface area contributed by atoms with Crippen molar-refractivity contribution < 1.29 is 9.59 Å². The Morgan fingerprint density at radius 3 is 2.36 bits per heavy atom. The molecule has 1 aliphatic rings. The van der Waals surface area contributed by atoms with Crippen molar-refractivity contribution in [2.45, 2.75) is 27.2 Å². The van der Waals surface area contributed by atoms with E-state index in [1.54, 1.807) is 6.92 Å². The molecule has 0 N–H and O–H groups in total. The van der Waals surface area contributed by atoms with Gasteiger partial charge in [0, 0.05) is 11.8 Å². The molecule has 1 rings (SSSR count). The smallest absolute Gasteiger partial charge is 0.133 e. The SMILES string of the molecule is CC(=O)[C@@H]1C[C@H](C=O)C1(C)C. The maximum absolute atomic E-state index is 11.0. The lowest BCUT2D eigenvalue weighted by Gasteiger charge is -2.48. The fourth-order valence-electron chi connectivity index (χ4n) is 1.88. The van der Waals surface area contributed by atoms with Crippen molar-refractivity contribution in [3.05, 3.63) is 0 Å². The van der Waals surface area contributed by atoms with Crippen LogP contribution in [-0.2, 0) is 9.59 Å². The Labute approximate surface area is 67.0 Å². The minimum atomic E-state index is -0.0897. The van der Waals surface area contributed by atoms with Gasteiger partial charge in [-0.05, 0) is 18.8 Å². The molecule has 0 saturated heterocycles. The van der Waals surface area contributed by atoms with Crippen molar-refractivity contribution in [1.82, 2.24) is 0 Å². The van der Waals surface area contributed by atoms with E-state index in [0.29, 0.717) is 0 Å². The highest BCUT2D eigenvalue weighted by atomic mass is 16.1. The Kier molecular flexibility index (Phi) is 1.87. The highest BCUT2D eigenvalue weighted by molar-refractivity contribution is 5.82. The standard InChI is InChI=1S/C9H14O2/c1-6(11)8-4-7(5-10)9(8,2)3/h5,7-8H,4H2,1-3H3/t7-,8+/m1/s1. The summed E-state index contributed by atoms with van der Waals surface area (Å²) >= 11 is 0. The molecular weight excluding hydrogens is 140 g/mol. The molecule has 0 bridgehead atoms. The van der Waals surface area contributed by atoms with E-state index in [4.69, 9.17) is 0 Å². The van der Waals surface area contributed by atoms with Crippen molar-refractivity contribution in [2.75, 3.05) is 0 Å². The summed E-state index contributed by atoms with van der Waals surface area (Å²) in [5.41, 5.74) is -0.0897. The zero-order valence-corrected chi connectivity index (χ0v) is 7.26. The summed E-state index contributed by atoms with van der Waals surface area (Å²) < 4.78 is 0. The zero-order valence-electron chi connectivity index (χ0n) is 7.26. The normalized spacial score (nSPS) is 34.1. The number of aldehydes is 1. The molecule has 2 heteroatoms. The van der Waals surface area contributed by atoms with Gasteiger partial charge in [0.1, 0.15) is 12.1 Å². The second kappa shape index (κ2) is 2.43. The molecule has 0 spiro atoms. The first kappa shape index (κ1) is 8.44. The lowest BCUT2D eigenvalue weighted by Crippen LogP contribution is -2.48. The Bertz CT molecular complexity index is 194. The molecule has 2 atom stereocenters. The van der Waals surface area contributed by atoms with Gasteiger partial charge in [0.2, 0.25) is 0 Å². The minimum absolute atomic E-state index is 0.0897. The molecular formula is C9H14O2. The second-order valence-electron chi connectivity index (χ2n) is 3.96. The Balaban J connectivity index is 2.68. The van der Waals surface area contributed by atoms with E-state index in [0.717, 1.165) is 12.7 Å². The van der Waals surface area contributed by atoms with Gasteiger partial charge in [0.05, 0.1) is 0 Å². The first-order valence-corrected chi connectivity index (χ1v) is 3.96. The van der Waals surface area contributed by atoms with Crippen molar-refractivity contribution in [2.24, 2.45) is 17.3 Å². The average molecular weight is 154 g/mol. The number of carbonyl (C=O) groups excluding carboxylic acids is 2. The molecule has 0 heterocycles. The molecule has 0 aromatic carbocycles. The van der Waals surface area contributed by atoms with Crippen LogP contribution in [0.4, 0.5) is 0 Å². The predicted octanol–water partition coefficient (Wildman–Crippen LogP) is 1.44. The number of carbonyl (C=O) groups is 2. The lowest BCUT2D eigenvalue weighted by molar-refractivity contribution is -0.140. The van der Waals surface area contributed by atoms with E-state index in [2.05, 4.69) is 0 Å². The summed E-state index contributed by atoms with van der Waals surface area (Å²) in [6.45, 7) is 5.58. The topological polar surface area (TPSA) is 34.1 Å². The fraction of sp³-hybridized carbons (Fsp3) is 0.778. The highest BCUT2D eigenvalue weighted by Gasteiger charge is 2.49. The Morgan fingerprint density at radius 2 is 2.09 bits per heavy atom. The third-order valence-electron chi connectivity index (χ3n) is 3.00. The van der Waals surface area contributed by atoms with Gasteiger partial charge in [-0.3, -0.25) is 4.79 Å². The van der Waals surface area contributed by atoms with Crippen LogP contribution >= 0.6 is 0 Å². The van der Waals surface area contributed by atoms with Crippen LogP contribution in [0.3, 0.4) is 0 Å². The molecule has 0 aromatic heterocycles. The molecule has 1 saturated carbocycles. The molecule has 0 amide bonds. The first-order chi connectivity index (χ1) is 5.00. The molecule has 1 aliphatic carbocycles. The molecule has 0 aliphatic heterocycles. The van der Waals surface area contributed by atoms with Gasteiger partial charge >= 0.3 is 0 Å². The minimum Gasteiger partial charge on any atom is -0.303 e. The average Bonchev–Trinajstić information content (AvgIpc) is 1.85. The third kappa shape index (κ3) is 1.10. The van der Waals surface area contributed by atoms with Gasteiger partial charge in [-0.1, -0.05) is 13.8 Å². The number of rotatable bonds is 2. The monoisotopic (exact) mass is 154 g/mol. The number of hydrogen-bond donors (Lipinski definition) is 0. The molecule has 11 heavy (non-hydrogen) atoms. The molecule has 62 valence electrons. The van der Waals surface area contributed by atoms with Gasteiger partial charge in [-0.2, -0.15) is 0 Å². The quantitative estimate of drug-likeness (QED) is 0.564. The van der Waals surface area contributed by atoms with Gasteiger partial charge < -0.3 is 4.79 Å². The van der Waals surface area contributed by atoms with Gasteiger partial charge in [0.15, 0.2) is 0 Å². The lowest BCUT2D eigenvalue weighted by atomic mass is 9.54. The molecule has 0 unspecified atom stereocenters. The highest BCUT2D eigenvalue weighted by Crippen LogP contribution is 2.50. The predicted molar refractivity (Wildman–Crippen MR) is 42.1 cm³/mol. The maximum Gasteiger partial charge on any atom is 0.133 e. The van der Waals surface area contributed by atoms with Gasteiger partial charge in [-0.15, -0.1) is 0 Å². The maximum atomic E-state index is 11.0. The fourth-order valence-corrected chi connectivity index (χ4v) is 1.88. The molecule has 0 aromatic rings. The van der Waals surface area contributed by atoms with Crippen LogP contribution in [0.2, 0.25) is 0 Å². The summed E-state index contributed by atoms with van der Waals surface area (Å²) in [6, 6.07) is 0.